The van der Waals surface area contributed by atoms with E-state index in [2.05, 4.69) is 4.99 Å². The molecule has 0 aliphatic heterocycles. The highest BCUT2D eigenvalue weighted by molar-refractivity contribution is 5.99. The number of rotatable bonds is 3. The Balaban J connectivity index is 2.73. The number of hydrogen-bond acceptors (Lipinski definition) is 2. The van der Waals surface area contributed by atoms with Gasteiger partial charge in [-0.15, -0.1) is 0 Å². The summed E-state index contributed by atoms with van der Waals surface area (Å²) in [6.07, 6.45) is 0. The van der Waals surface area contributed by atoms with Crippen LogP contribution in [-0.4, -0.2) is 23.3 Å². The number of benzene rings is 1. The number of carboxylic acid groups (broad SMARTS) is 1. The van der Waals surface area contributed by atoms with Crippen LogP contribution in [0.1, 0.15) is 12.5 Å². The second kappa shape index (κ2) is 4.40. The molecule has 3 nitrogen and oxygen atoms in total. The van der Waals surface area contributed by atoms with E-state index < -0.39 is 5.97 Å². The Morgan fingerprint density at radius 3 is 2.54 bits per heavy atom. The number of carboxylic acids is 1. The van der Waals surface area contributed by atoms with Gasteiger partial charge in [0.25, 0.3) is 0 Å². The van der Waals surface area contributed by atoms with Crippen molar-refractivity contribution in [3.8, 4) is 0 Å². The molecule has 0 aliphatic rings. The predicted octanol–water partition coefficient (Wildman–Crippen LogP) is 1.58. The van der Waals surface area contributed by atoms with Crippen LogP contribution in [0.3, 0.4) is 0 Å². The summed E-state index contributed by atoms with van der Waals surface area (Å²) >= 11 is 0. The molecule has 0 aromatic heterocycles. The van der Waals surface area contributed by atoms with Gasteiger partial charge in [0, 0.05) is 5.71 Å². The first-order chi connectivity index (χ1) is 6.20. The van der Waals surface area contributed by atoms with Crippen LogP contribution in [0.4, 0.5) is 0 Å². The van der Waals surface area contributed by atoms with Crippen molar-refractivity contribution < 1.29 is 9.90 Å². The molecule has 0 atom stereocenters. The van der Waals surface area contributed by atoms with Crippen molar-refractivity contribution in [2.24, 2.45) is 4.99 Å². The number of aliphatic imine (C=N–C) groups is 1. The van der Waals surface area contributed by atoms with Crippen molar-refractivity contribution in [2.45, 2.75) is 6.92 Å². The highest BCUT2D eigenvalue weighted by Crippen LogP contribution is 2.00. The fourth-order valence-electron chi connectivity index (χ4n) is 0.957. The molecule has 0 bridgehead atoms. The Morgan fingerprint density at radius 2 is 2.00 bits per heavy atom. The summed E-state index contributed by atoms with van der Waals surface area (Å²) in [5, 5.41) is 8.40. The van der Waals surface area contributed by atoms with Gasteiger partial charge in [0.05, 0.1) is 0 Å². The van der Waals surface area contributed by atoms with Gasteiger partial charge in [-0.1, -0.05) is 30.3 Å². The summed E-state index contributed by atoms with van der Waals surface area (Å²) < 4.78 is 0. The quantitative estimate of drug-likeness (QED) is 0.712. The Hall–Kier alpha value is -1.64. The molecule has 1 aromatic rings. The van der Waals surface area contributed by atoms with Gasteiger partial charge in [-0.2, -0.15) is 0 Å². The Kier molecular flexibility index (Phi) is 3.20. The SMILES string of the molecule is C/C(=N/CC(=O)O)c1ccccc1. The lowest BCUT2D eigenvalue weighted by Gasteiger charge is -1.98. The van der Waals surface area contributed by atoms with Gasteiger partial charge < -0.3 is 5.11 Å². The first kappa shape index (κ1) is 9.45. The molecule has 0 fully saturated rings. The van der Waals surface area contributed by atoms with Crippen LogP contribution in [0, 0.1) is 0 Å². The van der Waals surface area contributed by atoms with E-state index in [4.69, 9.17) is 5.11 Å². The van der Waals surface area contributed by atoms with Crippen LogP contribution in [-0.2, 0) is 4.79 Å². The monoisotopic (exact) mass is 177 g/mol. The van der Waals surface area contributed by atoms with Crippen molar-refractivity contribution in [3.63, 3.8) is 0 Å². The summed E-state index contributed by atoms with van der Waals surface area (Å²) in [6, 6.07) is 9.51. The molecule has 1 aromatic carbocycles. The molecule has 0 unspecified atom stereocenters. The maximum Gasteiger partial charge on any atom is 0.325 e. The van der Waals surface area contributed by atoms with E-state index in [1.165, 1.54) is 0 Å². The van der Waals surface area contributed by atoms with Crippen molar-refractivity contribution in [2.75, 3.05) is 6.54 Å². The smallest absolute Gasteiger partial charge is 0.325 e. The Labute approximate surface area is 76.7 Å². The lowest BCUT2D eigenvalue weighted by molar-refractivity contribution is -0.135. The second-order valence-corrected chi connectivity index (χ2v) is 2.66. The third-order valence-corrected chi connectivity index (χ3v) is 1.64. The van der Waals surface area contributed by atoms with Gasteiger partial charge in [-0.25, -0.2) is 0 Å². The van der Waals surface area contributed by atoms with E-state index in [-0.39, 0.29) is 6.54 Å². The number of carbonyl (C=O) groups is 1. The zero-order valence-electron chi connectivity index (χ0n) is 7.40. The summed E-state index contributed by atoms with van der Waals surface area (Å²) in [7, 11) is 0. The maximum absolute atomic E-state index is 10.2. The lowest BCUT2D eigenvalue weighted by Crippen LogP contribution is -2.03. The summed E-state index contributed by atoms with van der Waals surface area (Å²) in [5.41, 5.74) is 1.71. The van der Waals surface area contributed by atoms with Crippen molar-refractivity contribution in [1.29, 1.82) is 0 Å². The number of hydrogen-bond donors (Lipinski definition) is 1. The minimum absolute atomic E-state index is 0.166. The minimum atomic E-state index is -0.907. The minimum Gasteiger partial charge on any atom is -0.480 e. The standard InChI is InChI=1S/C10H11NO2/c1-8(11-7-10(12)13)9-5-3-2-4-6-9/h2-6H,7H2,1H3,(H,12,13)/b11-8-. The lowest BCUT2D eigenvalue weighted by atomic mass is 10.1. The number of aliphatic carboxylic acids is 1. The van der Waals surface area contributed by atoms with Gasteiger partial charge in [0.2, 0.25) is 0 Å². The molecule has 68 valence electrons. The first-order valence-corrected chi connectivity index (χ1v) is 3.98. The molecule has 13 heavy (non-hydrogen) atoms. The van der Waals surface area contributed by atoms with Gasteiger partial charge in [0.15, 0.2) is 0 Å². The summed E-state index contributed by atoms with van der Waals surface area (Å²) in [4.78, 5) is 14.1. The molecule has 3 heteroatoms. The zero-order valence-corrected chi connectivity index (χ0v) is 7.40. The van der Waals surface area contributed by atoms with Crippen LogP contribution >= 0.6 is 0 Å². The molecule has 0 saturated carbocycles. The fourth-order valence-corrected chi connectivity index (χ4v) is 0.957. The van der Waals surface area contributed by atoms with Gasteiger partial charge >= 0.3 is 5.97 Å². The predicted molar refractivity (Wildman–Crippen MR) is 51.2 cm³/mol. The van der Waals surface area contributed by atoms with E-state index in [1.807, 2.05) is 30.3 Å². The average Bonchev–Trinajstić information content (AvgIpc) is 2.15. The van der Waals surface area contributed by atoms with Crippen molar-refractivity contribution >= 4 is 11.7 Å². The maximum atomic E-state index is 10.2. The molecule has 0 amide bonds. The van der Waals surface area contributed by atoms with Gasteiger partial charge in [-0.05, 0) is 12.5 Å². The molecule has 0 radical (unpaired) electrons. The zero-order chi connectivity index (χ0) is 9.68. The van der Waals surface area contributed by atoms with Crippen LogP contribution < -0.4 is 0 Å². The topological polar surface area (TPSA) is 49.7 Å². The van der Waals surface area contributed by atoms with Crippen LogP contribution in [0.15, 0.2) is 35.3 Å². The normalized spacial score (nSPS) is 11.3. The molecule has 1 N–H and O–H groups in total. The summed E-state index contributed by atoms with van der Waals surface area (Å²) in [6.45, 7) is 1.64. The van der Waals surface area contributed by atoms with Gasteiger partial charge in [-0.3, -0.25) is 9.79 Å². The molecule has 0 heterocycles. The van der Waals surface area contributed by atoms with E-state index in [0.717, 1.165) is 11.3 Å². The van der Waals surface area contributed by atoms with Gasteiger partial charge in [0.1, 0.15) is 6.54 Å². The third kappa shape index (κ3) is 3.07. The largest absolute Gasteiger partial charge is 0.480 e. The Bertz CT molecular complexity index is 317. The molecular formula is C10H11NO2. The van der Waals surface area contributed by atoms with E-state index >= 15 is 0 Å². The molecule has 1 rings (SSSR count). The fraction of sp³-hybridized carbons (Fsp3) is 0.200. The Morgan fingerprint density at radius 1 is 1.38 bits per heavy atom. The highest BCUT2D eigenvalue weighted by Gasteiger charge is 1.97. The van der Waals surface area contributed by atoms with Crippen molar-refractivity contribution in [3.05, 3.63) is 35.9 Å². The first-order valence-electron chi connectivity index (χ1n) is 3.98. The van der Waals surface area contributed by atoms with Crippen LogP contribution in [0.5, 0.6) is 0 Å². The third-order valence-electron chi connectivity index (χ3n) is 1.64. The molecule has 0 spiro atoms. The van der Waals surface area contributed by atoms with Crippen molar-refractivity contribution in [1.82, 2.24) is 0 Å². The van der Waals surface area contributed by atoms with Crippen LogP contribution in [0.25, 0.3) is 0 Å². The van der Waals surface area contributed by atoms with E-state index in [0.29, 0.717) is 0 Å². The average molecular weight is 177 g/mol. The molecule has 0 aliphatic carbocycles. The highest BCUT2D eigenvalue weighted by atomic mass is 16.4. The van der Waals surface area contributed by atoms with E-state index in [9.17, 15) is 4.79 Å². The van der Waals surface area contributed by atoms with Crippen LogP contribution in [0.2, 0.25) is 0 Å². The second-order valence-electron chi connectivity index (χ2n) is 2.66. The molecule has 0 saturated heterocycles. The van der Waals surface area contributed by atoms with E-state index in [1.54, 1.807) is 6.92 Å². The molecular weight excluding hydrogens is 166 g/mol. The summed E-state index contributed by atoms with van der Waals surface area (Å²) in [5.74, 6) is -0.907. The number of nitrogens with zero attached hydrogens (tertiary/aromatic N) is 1.